The first-order valence-corrected chi connectivity index (χ1v) is 6.09. The fourth-order valence-electron chi connectivity index (χ4n) is 1.15. The van der Waals surface area contributed by atoms with Crippen molar-refractivity contribution in [3.8, 4) is 11.3 Å². The Labute approximate surface area is 109 Å². The maximum absolute atomic E-state index is 5.66. The molecule has 0 fully saturated rings. The summed E-state index contributed by atoms with van der Waals surface area (Å²) in [6, 6.07) is 8.22. The monoisotopic (exact) mass is 411 g/mol. The average molecular weight is 411 g/mol. The molecule has 0 saturated carbocycles. The third-order valence-corrected chi connectivity index (χ3v) is 3.68. The molecule has 0 unspecified atom stereocenters. The van der Waals surface area contributed by atoms with Crippen molar-refractivity contribution in [3.63, 3.8) is 0 Å². The number of halogens is 2. The molecule has 0 amide bonds. The third-order valence-electron chi connectivity index (χ3n) is 1.87. The van der Waals surface area contributed by atoms with Gasteiger partial charge < -0.3 is 5.73 Å². The maximum atomic E-state index is 5.66. The van der Waals surface area contributed by atoms with E-state index in [1.807, 2.05) is 0 Å². The quantitative estimate of drug-likeness (QED) is 0.710. The summed E-state index contributed by atoms with van der Waals surface area (Å²) in [4.78, 5) is 0. The van der Waals surface area contributed by atoms with Gasteiger partial charge in [0.1, 0.15) is 0 Å². The Morgan fingerprint density at radius 3 is 2.29 bits per heavy atom. The second-order valence-corrected chi connectivity index (χ2v) is 5.13. The van der Waals surface area contributed by atoms with E-state index < -0.39 is 0 Å². The number of rotatable bonds is 1. The number of benzene rings is 1. The predicted molar refractivity (Wildman–Crippen MR) is 73.9 cm³/mol. The SMILES string of the molecule is Nc1n[nH]c(-c2ccc(I)cc2)c1I. The summed E-state index contributed by atoms with van der Waals surface area (Å²) in [5, 5.41) is 6.88. The highest BCUT2D eigenvalue weighted by molar-refractivity contribution is 14.1. The minimum Gasteiger partial charge on any atom is -0.381 e. The van der Waals surface area contributed by atoms with Crippen molar-refractivity contribution < 1.29 is 0 Å². The molecule has 2 aromatic rings. The molecule has 2 rings (SSSR count). The van der Waals surface area contributed by atoms with Crippen LogP contribution in [0.2, 0.25) is 0 Å². The van der Waals surface area contributed by atoms with Gasteiger partial charge in [-0.1, -0.05) is 12.1 Å². The first kappa shape index (κ1) is 10.2. The predicted octanol–water partition coefficient (Wildman–Crippen LogP) is 2.87. The highest BCUT2D eigenvalue weighted by Crippen LogP contribution is 2.26. The van der Waals surface area contributed by atoms with Crippen LogP contribution in [0.5, 0.6) is 0 Å². The van der Waals surface area contributed by atoms with Gasteiger partial charge in [0.15, 0.2) is 5.82 Å². The minimum atomic E-state index is 0.555. The molecule has 0 radical (unpaired) electrons. The van der Waals surface area contributed by atoms with Crippen LogP contribution in [0, 0.1) is 7.14 Å². The van der Waals surface area contributed by atoms with Gasteiger partial charge in [-0.3, -0.25) is 5.10 Å². The lowest BCUT2D eigenvalue weighted by atomic mass is 10.2. The fraction of sp³-hybridized carbons (Fsp3) is 0. The topological polar surface area (TPSA) is 54.7 Å². The summed E-state index contributed by atoms with van der Waals surface area (Å²) in [6.45, 7) is 0. The molecule has 72 valence electrons. The van der Waals surface area contributed by atoms with Gasteiger partial charge in [-0.15, -0.1) is 0 Å². The van der Waals surface area contributed by atoms with E-state index in [2.05, 4.69) is 79.6 Å². The Morgan fingerprint density at radius 2 is 1.79 bits per heavy atom. The Bertz CT molecular complexity index is 448. The molecule has 1 heterocycles. The molecule has 0 atom stereocenters. The normalized spacial score (nSPS) is 10.4. The lowest BCUT2D eigenvalue weighted by Gasteiger charge is -1.98. The summed E-state index contributed by atoms with van der Waals surface area (Å²) >= 11 is 4.47. The molecule has 3 nitrogen and oxygen atoms in total. The van der Waals surface area contributed by atoms with E-state index >= 15 is 0 Å². The fourth-order valence-corrected chi connectivity index (χ4v) is 2.06. The first-order chi connectivity index (χ1) is 6.68. The summed E-state index contributed by atoms with van der Waals surface area (Å²) < 4.78 is 2.19. The maximum Gasteiger partial charge on any atom is 0.159 e. The van der Waals surface area contributed by atoms with Crippen LogP contribution in [0.1, 0.15) is 0 Å². The second kappa shape index (κ2) is 4.05. The zero-order chi connectivity index (χ0) is 10.1. The van der Waals surface area contributed by atoms with Crippen molar-refractivity contribution in [1.29, 1.82) is 0 Å². The van der Waals surface area contributed by atoms with Gasteiger partial charge in [-0.2, -0.15) is 5.10 Å². The molecule has 0 aliphatic heterocycles. The molecule has 14 heavy (non-hydrogen) atoms. The van der Waals surface area contributed by atoms with Crippen molar-refractivity contribution in [3.05, 3.63) is 31.4 Å². The van der Waals surface area contributed by atoms with E-state index in [1.54, 1.807) is 0 Å². The van der Waals surface area contributed by atoms with Gasteiger partial charge in [0.2, 0.25) is 0 Å². The number of nitrogens with two attached hydrogens (primary N) is 1. The van der Waals surface area contributed by atoms with Crippen LogP contribution in [0.4, 0.5) is 5.82 Å². The van der Waals surface area contributed by atoms with Crippen molar-refractivity contribution in [2.24, 2.45) is 0 Å². The minimum absolute atomic E-state index is 0.555. The highest BCUT2D eigenvalue weighted by atomic mass is 127. The highest BCUT2D eigenvalue weighted by Gasteiger charge is 2.08. The average Bonchev–Trinajstić information content (AvgIpc) is 2.50. The molecular formula is C9H7I2N3. The Kier molecular flexibility index (Phi) is 2.96. The van der Waals surface area contributed by atoms with Gasteiger partial charge >= 0.3 is 0 Å². The summed E-state index contributed by atoms with van der Waals surface area (Å²) in [7, 11) is 0. The Morgan fingerprint density at radius 1 is 1.14 bits per heavy atom. The number of anilines is 1. The molecule has 0 bridgehead atoms. The van der Waals surface area contributed by atoms with Gasteiger partial charge in [-0.05, 0) is 57.3 Å². The van der Waals surface area contributed by atoms with Crippen LogP contribution in [0.25, 0.3) is 11.3 Å². The van der Waals surface area contributed by atoms with Gasteiger partial charge in [0, 0.05) is 9.13 Å². The van der Waals surface area contributed by atoms with Crippen LogP contribution >= 0.6 is 45.2 Å². The second-order valence-electron chi connectivity index (χ2n) is 2.80. The number of hydrogen-bond donors (Lipinski definition) is 2. The van der Waals surface area contributed by atoms with E-state index in [9.17, 15) is 0 Å². The molecule has 0 aliphatic rings. The number of nitrogens with zero attached hydrogens (tertiary/aromatic N) is 1. The summed E-state index contributed by atoms with van der Waals surface area (Å²) in [5.41, 5.74) is 7.75. The molecule has 1 aromatic heterocycles. The Balaban J connectivity index is 2.49. The molecule has 3 N–H and O–H groups in total. The van der Waals surface area contributed by atoms with Crippen molar-refractivity contribution in [2.45, 2.75) is 0 Å². The number of aromatic nitrogens is 2. The van der Waals surface area contributed by atoms with E-state index in [0.29, 0.717) is 5.82 Å². The molecule has 1 aromatic carbocycles. The standard InChI is InChI=1S/C9H7I2N3/c10-6-3-1-5(2-4-6)8-7(11)9(12)14-13-8/h1-4H,(H3,12,13,14). The van der Waals surface area contributed by atoms with Crippen LogP contribution in [0.15, 0.2) is 24.3 Å². The first-order valence-electron chi connectivity index (χ1n) is 3.94. The van der Waals surface area contributed by atoms with Crippen LogP contribution < -0.4 is 5.73 Å². The van der Waals surface area contributed by atoms with Crippen LogP contribution in [-0.2, 0) is 0 Å². The number of nitrogens with one attached hydrogen (secondary N) is 1. The largest absolute Gasteiger partial charge is 0.381 e. The number of aromatic amines is 1. The van der Waals surface area contributed by atoms with Crippen molar-refractivity contribution in [2.75, 3.05) is 5.73 Å². The lowest BCUT2D eigenvalue weighted by molar-refractivity contribution is 1.10. The number of hydrogen-bond acceptors (Lipinski definition) is 2. The molecular weight excluding hydrogens is 404 g/mol. The molecule has 0 aliphatic carbocycles. The molecule has 0 saturated heterocycles. The van der Waals surface area contributed by atoms with Crippen LogP contribution in [0.3, 0.4) is 0 Å². The summed E-state index contributed by atoms with van der Waals surface area (Å²) in [5.74, 6) is 0.555. The molecule has 0 spiro atoms. The van der Waals surface area contributed by atoms with E-state index in [0.717, 1.165) is 14.8 Å². The number of H-pyrrole nitrogens is 1. The number of nitrogen functional groups attached to an aromatic ring is 1. The Hall–Kier alpha value is -0.310. The van der Waals surface area contributed by atoms with Gasteiger partial charge in [-0.25, -0.2) is 0 Å². The van der Waals surface area contributed by atoms with Crippen LogP contribution in [-0.4, -0.2) is 10.2 Å². The van der Waals surface area contributed by atoms with Gasteiger partial charge in [0.25, 0.3) is 0 Å². The zero-order valence-electron chi connectivity index (χ0n) is 7.09. The van der Waals surface area contributed by atoms with Gasteiger partial charge in [0.05, 0.1) is 9.26 Å². The lowest BCUT2D eigenvalue weighted by Crippen LogP contribution is -1.86. The third kappa shape index (κ3) is 1.88. The van der Waals surface area contributed by atoms with Crippen molar-refractivity contribution >= 4 is 51.0 Å². The van der Waals surface area contributed by atoms with E-state index in [-0.39, 0.29) is 0 Å². The zero-order valence-corrected chi connectivity index (χ0v) is 11.4. The van der Waals surface area contributed by atoms with E-state index in [1.165, 1.54) is 3.57 Å². The summed E-state index contributed by atoms with van der Waals surface area (Å²) in [6.07, 6.45) is 0. The molecule has 5 heteroatoms. The van der Waals surface area contributed by atoms with E-state index in [4.69, 9.17) is 5.73 Å². The van der Waals surface area contributed by atoms with Crippen molar-refractivity contribution in [1.82, 2.24) is 10.2 Å². The smallest absolute Gasteiger partial charge is 0.159 e.